The van der Waals surface area contributed by atoms with Gasteiger partial charge in [-0.2, -0.15) is 10.2 Å². The number of benzene rings is 3. The average molecular weight is 447 g/mol. The van der Waals surface area contributed by atoms with Crippen molar-refractivity contribution >= 4 is 47.0 Å². The first-order chi connectivity index (χ1) is 16.7. The zero-order valence-electron chi connectivity index (χ0n) is 19.2. The Labute approximate surface area is 199 Å². The molecule has 0 aliphatic heterocycles. The summed E-state index contributed by atoms with van der Waals surface area (Å²) in [4.78, 5) is 0. The Balaban J connectivity index is 1.47. The summed E-state index contributed by atoms with van der Waals surface area (Å²) < 4.78 is 0. The van der Waals surface area contributed by atoms with Crippen molar-refractivity contribution < 1.29 is 0 Å². The van der Waals surface area contributed by atoms with Gasteiger partial charge in [0.25, 0.3) is 0 Å². The van der Waals surface area contributed by atoms with E-state index in [0.717, 1.165) is 33.0 Å². The van der Waals surface area contributed by atoms with Crippen molar-refractivity contribution in [1.82, 2.24) is 10.2 Å². The summed E-state index contributed by atoms with van der Waals surface area (Å²) in [5, 5.41) is 19.1. The fourth-order valence-corrected chi connectivity index (χ4v) is 3.36. The van der Waals surface area contributed by atoms with Crippen molar-refractivity contribution in [3.05, 3.63) is 107 Å². The van der Waals surface area contributed by atoms with Crippen molar-refractivity contribution in [2.45, 2.75) is 13.8 Å². The fraction of sp³-hybridized carbons (Fsp3) is 0.0714. The lowest BCUT2D eigenvalue weighted by Gasteiger charge is -2.08. The van der Waals surface area contributed by atoms with Crippen molar-refractivity contribution in [2.24, 2.45) is 10.2 Å². The molecule has 0 aliphatic rings. The maximum Gasteiger partial charge on any atom is 0.176 e. The van der Waals surface area contributed by atoms with E-state index < -0.39 is 0 Å². The maximum atomic E-state index is 4.34. The summed E-state index contributed by atoms with van der Waals surface area (Å²) in [6, 6.07) is 28.1. The molecule has 0 amide bonds. The average Bonchev–Trinajstić information content (AvgIpc) is 2.86. The summed E-state index contributed by atoms with van der Waals surface area (Å²) >= 11 is 0. The number of rotatable bonds is 8. The van der Waals surface area contributed by atoms with Gasteiger partial charge in [0.15, 0.2) is 11.6 Å². The van der Waals surface area contributed by atoms with Crippen LogP contribution < -0.4 is 10.9 Å². The minimum Gasteiger partial charge on any atom is -0.259 e. The highest BCUT2D eigenvalue weighted by Crippen LogP contribution is 2.25. The fourth-order valence-electron chi connectivity index (χ4n) is 3.36. The molecule has 0 bridgehead atoms. The Morgan fingerprint density at radius 3 is 1.38 bits per heavy atom. The van der Waals surface area contributed by atoms with E-state index in [1.807, 2.05) is 74.5 Å². The minimum atomic E-state index is 0.578. The minimum absolute atomic E-state index is 0.578. The third kappa shape index (κ3) is 6.23. The number of hydrazone groups is 2. The van der Waals surface area contributed by atoms with Crippen LogP contribution in [0.4, 0.5) is 11.6 Å². The van der Waals surface area contributed by atoms with E-state index >= 15 is 0 Å². The Morgan fingerprint density at radius 2 is 0.971 bits per heavy atom. The van der Waals surface area contributed by atoms with Gasteiger partial charge in [-0.25, -0.2) is 0 Å². The number of nitrogens with one attached hydrogen (secondary N) is 2. The lowest BCUT2D eigenvalue weighted by molar-refractivity contribution is 1.03. The molecule has 0 saturated heterocycles. The van der Waals surface area contributed by atoms with Gasteiger partial charge in [0.05, 0.1) is 12.4 Å². The lowest BCUT2D eigenvalue weighted by Crippen LogP contribution is -2.01. The molecule has 3 aromatic carbocycles. The topological polar surface area (TPSA) is 74.6 Å². The molecule has 6 nitrogen and oxygen atoms in total. The van der Waals surface area contributed by atoms with Gasteiger partial charge < -0.3 is 0 Å². The second-order valence-corrected chi connectivity index (χ2v) is 7.78. The standard InChI is InChI=1S/C28H26N6/c1-21(17-23-11-5-3-6-12-23)19-29-31-27-25-15-9-10-16-26(25)28(34-33-27)32-30-20-22(2)18-24-13-7-4-8-14-24/h3-20H,1-2H3,(H,31,33)(H,32,34)/b21-17+,22-18+,29-19+,30-20+. The highest BCUT2D eigenvalue weighted by molar-refractivity contribution is 5.98. The van der Waals surface area contributed by atoms with Gasteiger partial charge in [0.2, 0.25) is 0 Å². The highest BCUT2D eigenvalue weighted by Gasteiger charge is 2.07. The SMILES string of the molecule is CC(/C=N/Nc1nnc(N/N=C/C(C)=C/c2ccccc2)c2ccccc12)=C\c1ccccc1. The van der Waals surface area contributed by atoms with Crippen LogP contribution in [-0.4, -0.2) is 22.6 Å². The molecule has 0 radical (unpaired) electrons. The molecule has 168 valence electrons. The van der Waals surface area contributed by atoms with Gasteiger partial charge in [-0.15, -0.1) is 10.2 Å². The summed E-state index contributed by atoms with van der Waals surface area (Å²) in [5.74, 6) is 1.16. The van der Waals surface area contributed by atoms with E-state index in [4.69, 9.17) is 0 Å². The van der Waals surface area contributed by atoms with E-state index in [0.29, 0.717) is 11.6 Å². The molecular formula is C28H26N6. The van der Waals surface area contributed by atoms with Crippen LogP contribution in [0.2, 0.25) is 0 Å². The zero-order valence-corrected chi connectivity index (χ0v) is 19.2. The van der Waals surface area contributed by atoms with Gasteiger partial charge in [-0.1, -0.05) is 97.1 Å². The monoisotopic (exact) mass is 446 g/mol. The number of allylic oxidation sites excluding steroid dienone is 2. The van der Waals surface area contributed by atoms with Crippen LogP contribution in [-0.2, 0) is 0 Å². The van der Waals surface area contributed by atoms with E-state index in [2.05, 4.69) is 67.7 Å². The van der Waals surface area contributed by atoms with Crippen molar-refractivity contribution in [1.29, 1.82) is 0 Å². The van der Waals surface area contributed by atoms with Crippen LogP contribution in [0.1, 0.15) is 25.0 Å². The molecule has 0 atom stereocenters. The molecule has 2 N–H and O–H groups in total. The van der Waals surface area contributed by atoms with Crippen LogP contribution in [0.15, 0.2) is 106 Å². The first kappa shape index (κ1) is 22.6. The predicted molar refractivity (Wildman–Crippen MR) is 144 cm³/mol. The maximum absolute atomic E-state index is 4.34. The van der Waals surface area contributed by atoms with Crippen molar-refractivity contribution in [2.75, 3.05) is 10.9 Å². The third-order valence-electron chi connectivity index (χ3n) is 4.95. The largest absolute Gasteiger partial charge is 0.259 e. The molecule has 0 saturated carbocycles. The second-order valence-electron chi connectivity index (χ2n) is 7.78. The normalized spacial score (nSPS) is 12.5. The van der Waals surface area contributed by atoms with Gasteiger partial charge in [-0.05, 0) is 36.1 Å². The molecule has 0 fully saturated rings. The summed E-state index contributed by atoms with van der Waals surface area (Å²) in [5.41, 5.74) is 10.3. The number of hydrogen-bond acceptors (Lipinski definition) is 6. The number of anilines is 2. The molecule has 0 aliphatic carbocycles. The smallest absolute Gasteiger partial charge is 0.176 e. The van der Waals surface area contributed by atoms with E-state index in [1.54, 1.807) is 12.4 Å². The molecule has 34 heavy (non-hydrogen) atoms. The molecule has 0 unspecified atom stereocenters. The molecule has 4 aromatic rings. The van der Waals surface area contributed by atoms with Crippen LogP contribution in [0.3, 0.4) is 0 Å². The van der Waals surface area contributed by atoms with Gasteiger partial charge in [0.1, 0.15) is 0 Å². The summed E-state index contributed by atoms with van der Waals surface area (Å²) in [7, 11) is 0. The zero-order chi connectivity index (χ0) is 23.6. The quantitative estimate of drug-likeness (QED) is 0.235. The van der Waals surface area contributed by atoms with Crippen LogP contribution >= 0.6 is 0 Å². The molecule has 1 aromatic heterocycles. The molecule has 0 spiro atoms. The van der Waals surface area contributed by atoms with E-state index in [1.165, 1.54) is 0 Å². The third-order valence-corrected chi connectivity index (χ3v) is 4.95. The Morgan fingerprint density at radius 1 is 0.588 bits per heavy atom. The van der Waals surface area contributed by atoms with Gasteiger partial charge in [-0.3, -0.25) is 10.9 Å². The number of nitrogens with zero attached hydrogens (tertiary/aromatic N) is 4. The molecule has 6 heteroatoms. The van der Waals surface area contributed by atoms with Crippen LogP contribution in [0.25, 0.3) is 22.9 Å². The summed E-state index contributed by atoms with van der Waals surface area (Å²) in [6.07, 6.45) is 7.66. The van der Waals surface area contributed by atoms with E-state index in [-0.39, 0.29) is 0 Å². The molecular weight excluding hydrogens is 420 g/mol. The predicted octanol–water partition coefficient (Wildman–Crippen LogP) is 6.63. The first-order valence-electron chi connectivity index (χ1n) is 11.0. The Kier molecular flexibility index (Phi) is 7.54. The van der Waals surface area contributed by atoms with E-state index in [9.17, 15) is 0 Å². The first-order valence-corrected chi connectivity index (χ1v) is 11.0. The van der Waals surface area contributed by atoms with Crippen LogP contribution in [0, 0.1) is 0 Å². The second kappa shape index (κ2) is 11.3. The van der Waals surface area contributed by atoms with Gasteiger partial charge in [0, 0.05) is 10.8 Å². The van der Waals surface area contributed by atoms with Gasteiger partial charge >= 0.3 is 0 Å². The lowest BCUT2D eigenvalue weighted by atomic mass is 10.1. The number of aromatic nitrogens is 2. The van der Waals surface area contributed by atoms with Crippen molar-refractivity contribution in [3.63, 3.8) is 0 Å². The number of hydrogen-bond donors (Lipinski definition) is 2. The van der Waals surface area contributed by atoms with Crippen LogP contribution in [0.5, 0.6) is 0 Å². The Hall–Kier alpha value is -4.58. The van der Waals surface area contributed by atoms with Crippen molar-refractivity contribution in [3.8, 4) is 0 Å². The highest BCUT2D eigenvalue weighted by atomic mass is 15.4. The molecule has 1 heterocycles. The number of fused-ring (bicyclic) bond motifs is 1. The summed E-state index contributed by atoms with van der Waals surface area (Å²) in [6.45, 7) is 4.00. The molecule has 4 rings (SSSR count). The Bertz CT molecular complexity index is 1250.